The summed E-state index contributed by atoms with van der Waals surface area (Å²) in [7, 11) is -2.06. The zero-order valence-corrected chi connectivity index (χ0v) is 13.6. The summed E-state index contributed by atoms with van der Waals surface area (Å²) < 4.78 is 24.9. The average Bonchev–Trinajstić information content (AvgIpc) is 2.78. The summed E-state index contributed by atoms with van der Waals surface area (Å²) >= 11 is 0. The summed E-state index contributed by atoms with van der Waals surface area (Å²) in [6, 6.07) is 1.69. The first kappa shape index (κ1) is 16.0. The van der Waals surface area contributed by atoms with Crippen LogP contribution in [0.25, 0.3) is 0 Å². The molecule has 1 fully saturated rings. The number of nitrogens with two attached hydrogens (primary N) is 1. The van der Waals surface area contributed by atoms with Gasteiger partial charge in [-0.25, -0.2) is 13.6 Å². The van der Waals surface area contributed by atoms with Crippen molar-refractivity contribution in [1.82, 2.24) is 9.47 Å². The largest absolute Gasteiger partial charge is 0.339 e. The van der Waals surface area contributed by atoms with Gasteiger partial charge in [0.15, 0.2) is 0 Å². The first-order valence-electron chi connectivity index (χ1n) is 7.27. The second-order valence-corrected chi connectivity index (χ2v) is 7.33. The summed E-state index contributed by atoms with van der Waals surface area (Å²) in [6.45, 7) is 3.98. The van der Waals surface area contributed by atoms with Gasteiger partial charge in [0.05, 0.1) is 0 Å². The Bertz CT molecular complexity index is 632. The Balaban J connectivity index is 2.41. The Morgan fingerprint density at radius 2 is 2.14 bits per heavy atom. The Hall–Kier alpha value is -1.34. The minimum atomic E-state index is -3.80. The van der Waals surface area contributed by atoms with Gasteiger partial charge in [-0.05, 0) is 38.7 Å². The zero-order chi connectivity index (χ0) is 15.8. The number of hydrogen-bond donors (Lipinski definition) is 1. The second-order valence-electron chi connectivity index (χ2n) is 5.77. The fraction of sp³-hybridized carbons (Fsp3) is 0.643. The molecule has 6 nitrogen and oxygen atoms in total. The molecule has 0 aliphatic heterocycles. The zero-order valence-electron chi connectivity index (χ0n) is 12.7. The SMILES string of the molecule is CCC(C)N(C)C(=O)c1cc(S(N)(=O)=O)cn1C1CCC1. The minimum Gasteiger partial charge on any atom is -0.339 e. The number of carbonyl (C=O) groups is 1. The molecule has 1 heterocycles. The number of nitrogens with zero attached hydrogens (tertiary/aromatic N) is 2. The van der Waals surface area contributed by atoms with E-state index in [1.54, 1.807) is 16.5 Å². The molecule has 1 aliphatic rings. The van der Waals surface area contributed by atoms with E-state index in [9.17, 15) is 13.2 Å². The van der Waals surface area contributed by atoms with Crippen LogP contribution in [-0.4, -0.2) is 36.9 Å². The Morgan fingerprint density at radius 3 is 2.57 bits per heavy atom. The molecule has 0 aromatic carbocycles. The molecule has 0 saturated heterocycles. The molecule has 21 heavy (non-hydrogen) atoms. The normalized spacial score (nSPS) is 17.3. The van der Waals surface area contributed by atoms with Gasteiger partial charge in [-0.2, -0.15) is 0 Å². The Labute approximate surface area is 126 Å². The van der Waals surface area contributed by atoms with Gasteiger partial charge in [0.2, 0.25) is 10.0 Å². The lowest BCUT2D eigenvalue weighted by atomic mass is 9.93. The van der Waals surface area contributed by atoms with Crippen LogP contribution in [-0.2, 0) is 10.0 Å². The number of carbonyl (C=O) groups excluding carboxylic acids is 1. The van der Waals surface area contributed by atoms with Crippen LogP contribution in [0, 0.1) is 0 Å². The van der Waals surface area contributed by atoms with Crippen LogP contribution in [0.3, 0.4) is 0 Å². The molecule has 2 N–H and O–H groups in total. The lowest BCUT2D eigenvalue weighted by Crippen LogP contribution is -2.36. The molecule has 1 unspecified atom stereocenters. The number of primary sulfonamides is 1. The van der Waals surface area contributed by atoms with Gasteiger partial charge in [-0.15, -0.1) is 0 Å². The van der Waals surface area contributed by atoms with Crippen molar-refractivity contribution in [3.05, 3.63) is 18.0 Å². The Morgan fingerprint density at radius 1 is 1.52 bits per heavy atom. The lowest BCUT2D eigenvalue weighted by Gasteiger charge is -2.30. The smallest absolute Gasteiger partial charge is 0.270 e. The van der Waals surface area contributed by atoms with Crippen LogP contribution in [0.5, 0.6) is 0 Å². The second kappa shape index (κ2) is 5.81. The van der Waals surface area contributed by atoms with Gasteiger partial charge in [-0.3, -0.25) is 4.79 Å². The molecule has 7 heteroatoms. The highest BCUT2D eigenvalue weighted by molar-refractivity contribution is 7.89. The lowest BCUT2D eigenvalue weighted by molar-refractivity contribution is 0.0723. The monoisotopic (exact) mass is 313 g/mol. The molecule has 0 spiro atoms. The fourth-order valence-electron chi connectivity index (χ4n) is 2.40. The van der Waals surface area contributed by atoms with Gasteiger partial charge in [0, 0.05) is 25.3 Å². The molecular weight excluding hydrogens is 290 g/mol. The highest BCUT2D eigenvalue weighted by atomic mass is 32.2. The third kappa shape index (κ3) is 3.13. The van der Waals surface area contributed by atoms with Crippen molar-refractivity contribution in [1.29, 1.82) is 0 Å². The van der Waals surface area contributed by atoms with Crippen molar-refractivity contribution in [2.75, 3.05) is 7.05 Å². The maximum atomic E-state index is 12.6. The average molecular weight is 313 g/mol. The van der Waals surface area contributed by atoms with Crippen LogP contribution < -0.4 is 5.14 Å². The number of sulfonamides is 1. The highest BCUT2D eigenvalue weighted by Crippen LogP contribution is 2.34. The summed E-state index contributed by atoms with van der Waals surface area (Å²) in [5.41, 5.74) is 0.409. The first-order chi connectivity index (χ1) is 9.75. The minimum absolute atomic E-state index is 0.00954. The van der Waals surface area contributed by atoms with Crippen LogP contribution in [0.4, 0.5) is 0 Å². The Kier molecular flexibility index (Phi) is 4.43. The van der Waals surface area contributed by atoms with Gasteiger partial charge in [0.1, 0.15) is 10.6 Å². The van der Waals surface area contributed by atoms with Crippen LogP contribution in [0.2, 0.25) is 0 Å². The summed E-state index contributed by atoms with van der Waals surface area (Å²) in [4.78, 5) is 14.3. The molecule has 1 saturated carbocycles. The van der Waals surface area contributed by atoms with Crippen LogP contribution >= 0.6 is 0 Å². The molecular formula is C14H23N3O3S. The van der Waals surface area contributed by atoms with E-state index in [1.165, 1.54) is 12.3 Å². The standard InChI is InChI=1S/C14H23N3O3S/c1-4-10(2)16(3)14(18)13-8-12(21(15,19)20)9-17(13)11-6-5-7-11/h8-11H,4-7H2,1-3H3,(H2,15,19,20). The quantitative estimate of drug-likeness (QED) is 0.898. The molecule has 0 bridgehead atoms. The van der Waals surface area contributed by atoms with E-state index >= 15 is 0 Å². The topological polar surface area (TPSA) is 85.4 Å². The molecule has 1 atom stereocenters. The number of hydrogen-bond acceptors (Lipinski definition) is 3. The molecule has 2 rings (SSSR count). The fourth-order valence-corrected chi connectivity index (χ4v) is 2.94. The summed E-state index contributed by atoms with van der Waals surface area (Å²) in [5, 5.41) is 5.19. The van der Waals surface area contributed by atoms with Crippen molar-refractivity contribution < 1.29 is 13.2 Å². The van der Waals surface area contributed by atoms with Crippen molar-refractivity contribution in [2.45, 2.75) is 56.5 Å². The molecule has 0 radical (unpaired) electrons. The summed E-state index contributed by atoms with van der Waals surface area (Å²) in [5.74, 6) is -0.161. The molecule has 1 aliphatic carbocycles. The molecule has 1 aromatic heterocycles. The number of aromatic nitrogens is 1. The maximum Gasteiger partial charge on any atom is 0.270 e. The summed E-state index contributed by atoms with van der Waals surface area (Å²) in [6.07, 6.45) is 5.37. The van der Waals surface area contributed by atoms with Crippen LogP contribution in [0.15, 0.2) is 17.2 Å². The third-order valence-corrected chi connectivity index (χ3v) is 5.29. The highest BCUT2D eigenvalue weighted by Gasteiger charge is 2.29. The predicted molar refractivity (Wildman–Crippen MR) is 80.5 cm³/mol. The molecule has 1 amide bonds. The van der Waals surface area contributed by atoms with Crippen molar-refractivity contribution >= 4 is 15.9 Å². The van der Waals surface area contributed by atoms with Crippen molar-refractivity contribution in [3.8, 4) is 0 Å². The third-order valence-electron chi connectivity index (χ3n) is 4.41. The van der Waals surface area contributed by atoms with E-state index in [1.807, 2.05) is 13.8 Å². The molecule has 118 valence electrons. The first-order valence-corrected chi connectivity index (χ1v) is 8.82. The van der Waals surface area contributed by atoms with Crippen LogP contribution in [0.1, 0.15) is 56.1 Å². The van der Waals surface area contributed by atoms with E-state index in [-0.39, 0.29) is 22.9 Å². The van der Waals surface area contributed by atoms with Gasteiger partial charge < -0.3 is 9.47 Å². The van der Waals surface area contributed by atoms with Crippen molar-refractivity contribution in [3.63, 3.8) is 0 Å². The van der Waals surface area contributed by atoms with E-state index < -0.39 is 10.0 Å². The van der Waals surface area contributed by atoms with E-state index in [2.05, 4.69) is 0 Å². The van der Waals surface area contributed by atoms with Gasteiger partial charge in [0.25, 0.3) is 5.91 Å². The van der Waals surface area contributed by atoms with E-state index in [4.69, 9.17) is 5.14 Å². The van der Waals surface area contributed by atoms with E-state index in [0.29, 0.717) is 5.69 Å². The van der Waals surface area contributed by atoms with Gasteiger partial charge >= 0.3 is 0 Å². The van der Waals surface area contributed by atoms with E-state index in [0.717, 1.165) is 25.7 Å². The predicted octanol–water partition coefficient (Wildman–Crippen LogP) is 1.73. The number of amides is 1. The van der Waals surface area contributed by atoms with Gasteiger partial charge in [-0.1, -0.05) is 6.92 Å². The molecule has 1 aromatic rings. The number of rotatable bonds is 5. The maximum absolute atomic E-state index is 12.6. The van der Waals surface area contributed by atoms with Crippen molar-refractivity contribution in [2.24, 2.45) is 5.14 Å².